The quantitative estimate of drug-likeness (QED) is 0.128. The molecule has 2 N–H and O–H groups in total. The summed E-state index contributed by atoms with van der Waals surface area (Å²) in [6.07, 6.45) is -5.80. The van der Waals surface area contributed by atoms with E-state index in [1.54, 1.807) is 49.4 Å². The normalized spacial score (nSPS) is 17.6. The first-order chi connectivity index (χ1) is 26.0. The van der Waals surface area contributed by atoms with Crippen molar-refractivity contribution < 1.29 is 49.4 Å². The second-order valence-electron chi connectivity index (χ2n) is 13.2. The molecule has 1 saturated heterocycles. The zero-order chi connectivity index (χ0) is 39.9. The first-order valence-electron chi connectivity index (χ1n) is 17.3. The number of ether oxygens (including phenoxy) is 2. The highest BCUT2D eigenvalue weighted by atomic mass is 35.5. The minimum atomic E-state index is -4.95. The predicted molar refractivity (Wildman–Crippen MR) is 195 cm³/mol. The van der Waals surface area contributed by atoms with Gasteiger partial charge in [0.05, 0.1) is 18.0 Å². The van der Waals surface area contributed by atoms with Gasteiger partial charge in [-0.05, 0) is 103 Å². The molecule has 5 rings (SSSR count). The number of carbonyl (C=O) groups excluding carboxylic acids is 2. The fourth-order valence-electron chi connectivity index (χ4n) is 6.86. The maximum Gasteiger partial charge on any atom is 0.573 e. The molecule has 9 nitrogen and oxygen atoms in total. The summed E-state index contributed by atoms with van der Waals surface area (Å²) in [5.74, 6) is -2.80. The van der Waals surface area contributed by atoms with Gasteiger partial charge < -0.3 is 20.1 Å². The number of alkyl halides is 3. The fraction of sp³-hybridized carbons (Fsp3) is 0.333. The molecule has 0 aromatic heterocycles. The van der Waals surface area contributed by atoms with E-state index in [1.807, 2.05) is 0 Å². The van der Waals surface area contributed by atoms with Crippen molar-refractivity contribution in [3.8, 4) is 5.75 Å². The number of alkyl carbamates (subject to hydrolysis) is 1. The van der Waals surface area contributed by atoms with Gasteiger partial charge in [0.15, 0.2) is 5.78 Å². The third-order valence-electron chi connectivity index (χ3n) is 9.43. The number of piperazine rings is 1. The maximum atomic E-state index is 15.6. The number of halogens is 6. The van der Waals surface area contributed by atoms with Gasteiger partial charge in [-0.3, -0.25) is 4.79 Å². The van der Waals surface area contributed by atoms with E-state index in [4.69, 9.17) is 16.3 Å². The fourth-order valence-corrected chi connectivity index (χ4v) is 8.83. The summed E-state index contributed by atoms with van der Waals surface area (Å²) in [4.78, 5) is 26.7. The average Bonchev–Trinajstić information content (AvgIpc) is 3.13. The Kier molecular flexibility index (Phi) is 13.6. The van der Waals surface area contributed by atoms with Crippen molar-refractivity contribution in [1.82, 2.24) is 14.9 Å². The summed E-state index contributed by atoms with van der Waals surface area (Å²) >= 11 is 6.15. The number of sulfonamides is 1. The van der Waals surface area contributed by atoms with Crippen LogP contribution in [0.4, 0.5) is 26.7 Å². The highest BCUT2D eigenvalue weighted by Crippen LogP contribution is 2.31. The highest BCUT2D eigenvalue weighted by molar-refractivity contribution is 7.89. The Hall–Kier alpha value is -4.57. The van der Waals surface area contributed by atoms with Crippen LogP contribution >= 0.6 is 11.6 Å². The van der Waals surface area contributed by atoms with E-state index < -0.39 is 69.7 Å². The number of nitrogens with one attached hydrogen (secondary N) is 2. The molecule has 4 aromatic rings. The van der Waals surface area contributed by atoms with E-state index in [-0.39, 0.29) is 42.7 Å². The monoisotopic (exact) mass is 807 g/mol. The number of hydrogen-bond acceptors (Lipinski definition) is 7. The van der Waals surface area contributed by atoms with Gasteiger partial charge in [0, 0.05) is 42.5 Å². The standard InChI is InChI=1S/C39H39ClF5N3O6S/c1-24-22-46-23-30(48(24)55(51,52)32-17-15-31(16-18-32)54-39(43,44)45)14-19-33-27(4-3-5-35(33)42)21-36(49)37(47-38(50)53-2)34(26-8-10-28(40)11-9-26)20-25-6-12-29(41)13-7-25/h3-13,15-18,24,30,34,37,46H,14,19-23H2,1-2H3,(H,47,50)/t24-,30-,34-,37-/m0/s1. The maximum absolute atomic E-state index is 15.6. The average molecular weight is 808 g/mol. The van der Waals surface area contributed by atoms with Gasteiger partial charge in [0.2, 0.25) is 10.0 Å². The number of nitrogens with zero attached hydrogens (tertiary/aromatic N) is 1. The Labute approximate surface area is 320 Å². The van der Waals surface area contributed by atoms with E-state index >= 15 is 4.39 Å². The van der Waals surface area contributed by atoms with Crippen molar-refractivity contribution in [3.05, 3.63) is 130 Å². The number of Topliss-reactive ketones (excluding diaryl/α,β-unsaturated/α-hetero) is 1. The van der Waals surface area contributed by atoms with Gasteiger partial charge in [-0.25, -0.2) is 22.0 Å². The summed E-state index contributed by atoms with van der Waals surface area (Å²) in [5, 5.41) is 6.28. The zero-order valence-electron chi connectivity index (χ0n) is 29.8. The number of hydrogen-bond donors (Lipinski definition) is 2. The van der Waals surface area contributed by atoms with Gasteiger partial charge in [0.25, 0.3) is 0 Å². The summed E-state index contributed by atoms with van der Waals surface area (Å²) in [6.45, 7) is 2.19. The second-order valence-corrected chi connectivity index (χ2v) is 15.5. The smallest absolute Gasteiger partial charge is 0.453 e. The molecule has 16 heteroatoms. The van der Waals surface area contributed by atoms with Gasteiger partial charge in [-0.2, -0.15) is 4.31 Å². The molecule has 0 saturated carbocycles. The highest BCUT2D eigenvalue weighted by Gasteiger charge is 2.39. The lowest BCUT2D eigenvalue weighted by Crippen LogP contribution is -2.58. The van der Waals surface area contributed by atoms with E-state index in [2.05, 4.69) is 15.4 Å². The molecular weight excluding hydrogens is 769 g/mol. The van der Waals surface area contributed by atoms with Gasteiger partial charge in [0.1, 0.15) is 17.4 Å². The summed E-state index contributed by atoms with van der Waals surface area (Å²) in [5.41, 5.74) is 1.83. The lowest BCUT2D eigenvalue weighted by atomic mass is 9.82. The Morgan fingerprint density at radius 3 is 2.27 bits per heavy atom. The van der Waals surface area contributed by atoms with E-state index in [1.165, 1.54) is 28.6 Å². The number of ketones is 1. The van der Waals surface area contributed by atoms with Gasteiger partial charge in [-0.15, -0.1) is 13.2 Å². The summed E-state index contributed by atoms with van der Waals surface area (Å²) in [7, 11) is -3.08. The van der Waals surface area contributed by atoms with Crippen molar-refractivity contribution >= 4 is 33.5 Å². The second kappa shape index (κ2) is 17.9. The minimum Gasteiger partial charge on any atom is -0.453 e. The molecule has 0 bridgehead atoms. The lowest BCUT2D eigenvalue weighted by molar-refractivity contribution is -0.274. The molecule has 0 spiro atoms. The lowest BCUT2D eigenvalue weighted by Gasteiger charge is -2.40. The van der Waals surface area contributed by atoms with Crippen LogP contribution in [0.15, 0.2) is 95.9 Å². The van der Waals surface area contributed by atoms with E-state index in [0.717, 1.165) is 31.4 Å². The van der Waals surface area contributed by atoms with Crippen LogP contribution in [0.2, 0.25) is 5.02 Å². The zero-order valence-corrected chi connectivity index (χ0v) is 31.4. The topological polar surface area (TPSA) is 114 Å². The van der Waals surface area contributed by atoms with Crippen LogP contribution in [0.5, 0.6) is 5.75 Å². The molecule has 1 aliphatic heterocycles. The molecule has 55 heavy (non-hydrogen) atoms. The third-order valence-corrected chi connectivity index (χ3v) is 11.8. The van der Waals surface area contributed by atoms with Gasteiger partial charge >= 0.3 is 12.5 Å². The predicted octanol–water partition coefficient (Wildman–Crippen LogP) is 7.36. The van der Waals surface area contributed by atoms with E-state index in [9.17, 15) is 35.6 Å². The van der Waals surface area contributed by atoms with Crippen molar-refractivity contribution in [3.63, 3.8) is 0 Å². The van der Waals surface area contributed by atoms with Crippen LogP contribution < -0.4 is 15.4 Å². The number of benzene rings is 4. The molecule has 1 heterocycles. The Morgan fingerprint density at radius 1 is 0.964 bits per heavy atom. The minimum absolute atomic E-state index is 0.0179. The summed E-state index contributed by atoms with van der Waals surface area (Å²) in [6, 6.07) is 18.2. The molecule has 0 aliphatic carbocycles. The molecule has 0 radical (unpaired) electrons. The molecule has 4 aromatic carbocycles. The molecule has 294 valence electrons. The number of amides is 1. The SMILES string of the molecule is COC(=O)N[C@H](C(=O)Cc1cccc(F)c1CC[C@H]1CNC[C@H](C)N1S(=O)(=O)c1ccc(OC(F)(F)F)cc1)[C@@H](Cc1ccc(F)cc1)c1ccc(Cl)cc1. The Morgan fingerprint density at radius 2 is 1.64 bits per heavy atom. The molecule has 1 aliphatic rings. The molecule has 4 atom stereocenters. The molecular formula is C39H39ClF5N3O6S. The summed E-state index contributed by atoms with van der Waals surface area (Å²) < 4.78 is 105. The van der Waals surface area contributed by atoms with Crippen LogP contribution in [0.3, 0.4) is 0 Å². The number of methoxy groups -OCH3 is 1. The van der Waals surface area contributed by atoms with Gasteiger partial charge in [-0.1, -0.05) is 48.0 Å². The van der Waals surface area contributed by atoms with Crippen LogP contribution in [-0.2, 0) is 38.8 Å². The van der Waals surface area contributed by atoms with Crippen LogP contribution in [0, 0.1) is 11.6 Å². The van der Waals surface area contributed by atoms with Crippen molar-refractivity contribution in [2.24, 2.45) is 0 Å². The number of carbonyl (C=O) groups is 2. The van der Waals surface area contributed by atoms with Crippen LogP contribution in [-0.4, -0.2) is 69.3 Å². The first-order valence-corrected chi connectivity index (χ1v) is 19.1. The third kappa shape index (κ3) is 10.8. The molecule has 0 unspecified atom stereocenters. The largest absolute Gasteiger partial charge is 0.573 e. The van der Waals surface area contributed by atoms with Crippen molar-refractivity contribution in [1.29, 1.82) is 0 Å². The first kappa shape index (κ1) is 41.6. The van der Waals surface area contributed by atoms with Crippen LogP contribution in [0.25, 0.3) is 0 Å². The Bertz CT molecular complexity index is 2050. The van der Waals surface area contributed by atoms with Crippen molar-refractivity contribution in [2.75, 3.05) is 20.2 Å². The van der Waals surface area contributed by atoms with Crippen LogP contribution in [0.1, 0.15) is 41.5 Å². The van der Waals surface area contributed by atoms with E-state index in [0.29, 0.717) is 28.3 Å². The number of rotatable bonds is 14. The van der Waals surface area contributed by atoms with Crippen molar-refractivity contribution in [2.45, 2.75) is 67.9 Å². The Balaban J connectivity index is 1.41. The molecule has 1 amide bonds. The molecule has 1 fully saturated rings.